The SMILES string of the molecule is CO[C@@H]1[C@@H](O)[C@H](OC2CC[C@@]3(C)C(CC[C@@H]4[C@@H]3C(O)C[C@]3(C)[C@@H](C5=CC(=O)OC5)CC[C@]43O)C2)O[C@H](C)[C@@H]1O[C@@H]1O[C@H](CO)[C@@H](O)[C@H](O)[C@H]1O. The van der Waals surface area contributed by atoms with E-state index in [1.807, 2.05) is 0 Å². The summed E-state index contributed by atoms with van der Waals surface area (Å²) in [5.74, 6) is -0.258. The highest BCUT2D eigenvalue weighted by molar-refractivity contribution is 5.85. The van der Waals surface area contributed by atoms with Gasteiger partial charge in [0, 0.05) is 18.6 Å². The number of ether oxygens (including phenoxy) is 6. The number of aliphatic hydroxyl groups is 7. The van der Waals surface area contributed by atoms with Gasteiger partial charge in [0.1, 0.15) is 49.3 Å². The molecule has 14 heteroatoms. The molecule has 0 radical (unpaired) electrons. The summed E-state index contributed by atoms with van der Waals surface area (Å²) in [6.45, 7) is 5.72. The third-order valence-electron chi connectivity index (χ3n) is 14.4. The summed E-state index contributed by atoms with van der Waals surface area (Å²) in [6, 6.07) is 0. The fourth-order valence-corrected chi connectivity index (χ4v) is 11.7. The molecule has 3 unspecified atom stereocenters. The molecule has 0 aromatic heterocycles. The monoisotopic (exact) mass is 712 g/mol. The maximum absolute atomic E-state index is 12.5. The summed E-state index contributed by atoms with van der Waals surface area (Å²) >= 11 is 0. The first-order valence-corrected chi connectivity index (χ1v) is 18.4. The van der Waals surface area contributed by atoms with Crippen molar-refractivity contribution in [3.8, 4) is 0 Å². The topological polar surface area (TPSA) is 214 Å². The third-order valence-corrected chi connectivity index (χ3v) is 14.4. The minimum absolute atomic E-state index is 0.00772. The standard InChI is InChI=1S/C36H56O14/c1-16-30(50-32-28(42)27(41)26(40)23(14-37)49-32)31(45-4)29(43)33(47-16)48-19-7-9-34(2)18(12-19)5-6-21-25(34)22(38)13-35(3)20(8-10-36(21,35)44)17-11-24(39)46-15-17/h11,16,18-23,25-33,37-38,40-44H,5-10,12-15H2,1-4H3/t16-,18?,19?,20-,21-,22?,23-,25-,26-,27+,28-,29-,30+,31-,32+,33+,34+,35-,36+/m1/s1. The molecule has 3 heterocycles. The number of rotatable bonds is 7. The van der Waals surface area contributed by atoms with Gasteiger partial charge >= 0.3 is 5.97 Å². The molecular weight excluding hydrogens is 656 g/mol. The third kappa shape index (κ3) is 5.72. The van der Waals surface area contributed by atoms with Crippen LogP contribution in [-0.4, -0.2) is 141 Å². The zero-order chi connectivity index (χ0) is 35.9. The number of carbonyl (C=O) groups is 1. The van der Waals surface area contributed by atoms with Crippen molar-refractivity contribution in [2.24, 2.45) is 34.5 Å². The fraction of sp³-hybridized carbons (Fsp3) is 0.917. The largest absolute Gasteiger partial charge is 0.458 e. The predicted molar refractivity (Wildman–Crippen MR) is 172 cm³/mol. The van der Waals surface area contributed by atoms with Crippen LogP contribution in [0.1, 0.15) is 72.1 Å². The van der Waals surface area contributed by atoms with E-state index in [4.69, 9.17) is 28.4 Å². The van der Waals surface area contributed by atoms with Crippen molar-refractivity contribution in [1.29, 1.82) is 0 Å². The second-order valence-electron chi connectivity index (χ2n) is 16.7. The molecule has 284 valence electrons. The van der Waals surface area contributed by atoms with Crippen LogP contribution in [0.4, 0.5) is 0 Å². The van der Waals surface area contributed by atoms with E-state index >= 15 is 0 Å². The molecule has 0 aromatic rings. The van der Waals surface area contributed by atoms with E-state index in [9.17, 15) is 40.5 Å². The molecule has 14 nitrogen and oxygen atoms in total. The Morgan fingerprint density at radius 2 is 1.64 bits per heavy atom. The molecular formula is C36H56O14. The lowest BCUT2D eigenvalue weighted by Crippen LogP contribution is -2.66. The van der Waals surface area contributed by atoms with Gasteiger partial charge in [-0.25, -0.2) is 4.79 Å². The Bertz CT molecular complexity index is 1300. The van der Waals surface area contributed by atoms with E-state index in [0.717, 1.165) is 31.3 Å². The number of esters is 1. The van der Waals surface area contributed by atoms with Crippen LogP contribution in [-0.2, 0) is 33.2 Å². The van der Waals surface area contributed by atoms with Crippen molar-refractivity contribution in [3.05, 3.63) is 11.6 Å². The summed E-state index contributed by atoms with van der Waals surface area (Å²) in [6.07, 6.45) is -5.80. The van der Waals surface area contributed by atoms with Crippen molar-refractivity contribution in [3.63, 3.8) is 0 Å². The Morgan fingerprint density at radius 3 is 2.32 bits per heavy atom. The first kappa shape index (κ1) is 37.1. The van der Waals surface area contributed by atoms with E-state index in [1.165, 1.54) is 7.11 Å². The van der Waals surface area contributed by atoms with Gasteiger partial charge in [0.05, 0.1) is 30.5 Å². The minimum atomic E-state index is -1.62. The maximum atomic E-state index is 12.5. The van der Waals surface area contributed by atoms with E-state index in [2.05, 4.69) is 13.8 Å². The molecule has 7 rings (SSSR count). The lowest BCUT2D eigenvalue weighted by molar-refractivity contribution is -0.362. The first-order chi connectivity index (χ1) is 23.7. The van der Waals surface area contributed by atoms with E-state index in [1.54, 1.807) is 13.0 Å². The highest BCUT2D eigenvalue weighted by Gasteiger charge is 2.70. The van der Waals surface area contributed by atoms with Crippen molar-refractivity contribution in [1.82, 2.24) is 0 Å². The molecule has 6 fully saturated rings. The maximum Gasteiger partial charge on any atom is 0.331 e. The lowest BCUT2D eigenvalue weighted by Gasteiger charge is -2.65. The molecule has 7 N–H and O–H groups in total. The Balaban J connectivity index is 1.01. The number of hydrogen-bond acceptors (Lipinski definition) is 14. The molecule has 7 aliphatic rings. The smallest absolute Gasteiger partial charge is 0.331 e. The molecule has 50 heavy (non-hydrogen) atoms. The van der Waals surface area contributed by atoms with E-state index in [-0.39, 0.29) is 47.8 Å². The highest BCUT2D eigenvalue weighted by atomic mass is 16.7. The normalized spacial score (nSPS) is 55.1. The van der Waals surface area contributed by atoms with Crippen LogP contribution in [0.25, 0.3) is 0 Å². The van der Waals surface area contributed by atoms with Crippen LogP contribution in [0.3, 0.4) is 0 Å². The summed E-state index contributed by atoms with van der Waals surface area (Å²) in [7, 11) is 1.41. The van der Waals surface area contributed by atoms with Gasteiger partial charge in [-0.1, -0.05) is 13.8 Å². The number of methoxy groups -OCH3 is 1. The van der Waals surface area contributed by atoms with Gasteiger partial charge in [-0.15, -0.1) is 0 Å². The molecule has 4 aliphatic carbocycles. The average Bonchev–Trinajstić information content (AvgIpc) is 3.62. The Morgan fingerprint density at radius 1 is 0.900 bits per heavy atom. The quantitative estimate of drug-likeness (QED) is 0.136. The zero-order valence-electron chi connectivity index (χ0n) is 29.4. The average molecular weight is 713 g/mol. The Hall–Kier alpha value is -1.27. The molecule has 4 saturated carbocycles. The molecule has 19 atom stereocenters. The van der Waals surface area contributed by atoms with E-state index in [0.29, 0.717) is 25.7 Å². The van der Waals surface area contributed by atoms with Crippen molar-refractivity contribution < 1.29 is 69.0 Å². The zero-order valence-corrected chi connectivity index (χ0v) is 29.4. The van der Waals surface area contributed by atoms with Crippen LogP contribution >= 0.6 is 0 Å². The lowest BCUT2D eigenvalue weighted by atomic mass is 9.42. The number of carbonyl (C=O) groups excluding carboxylic acids is 1. The summed E-state index contributed by atoms with van der Waals surface area (Å²) < 4.78 is 35.0. The highest BCUT2D eigenvalue weighted by Crippen LogP contribution is 2.70. The summed E-state index contributed by atoms with van der Waals surface area (Å²) in [4.78, 5) is 11.9. The van der Waals surface area contributed by atoms with Gasteiger partial charge in [-0.3, -0.25) is 0 Å². The summed E-state index contributed by atoms with van der Waals surface area (Å²) in [5, 5.41) is 76.3. The van der Waals surface area contributed by atoms with Gasteiger partial charge in [-0.2, -0.15) is 0 Å². The van der Waals surface area contributed by atoms with Gasteiger partial charge < -0.3 is 64.2 Å². The first-order valence-electron chi connectivity index (χ1n) is 18.4. The number of hydrogen-bond donors (Lipinski definition) is 7. The van der Waals surface area contributed by atoms with Gasteiger partial charge in [0.25, 0.3) is 0 Å². The van der Waals surface area contributed by atoms with Gasteiger partial charge in [-0.05, 0) is 93.0 Å². The number of fused-ring (bicyclic) bond motifs is 5. The van der Waals surface area contributed by atoms with Crippen molar-refractivity contribution in [2.75, 3.05) is 20.3 Å². The number of cyclic esters (lactones) is 1. The molecule has 0 aromatic carbocycles. The van der Waals surface area contributed by atoms with Crippen molar-refractivity contribution >= 4 is 5.97 Å². The molecule has 2 saturated heterocycles. The van der Waals surface area contributed by atoms with Gasteiger partial charge in [0.15, 0.2) is 12.6 Å². The van der Waals surface area contributed by atoms with Crippen LogP contribution in [0, 0.1) is 34.5 Å². The molecule has 3 aliphatic heterocycles. The number of aliphatic hydroxyl groups excluding tert-OH is 6. The predicted octanol–water partition coefficient (Wildman–Crippen LogP) is -0.0948. The second-order valence-corrected chi connectivity index (χ2v) is 16.7. The van der Waals surface area contributed by atoms with Crippen LogP contribution in [0.2, 0.25) is 0 Å². The fourth-order valence-electron chi connectivity index (χ4n) is 11.7. The second kappa shape index (κ2) is 13.5. The van der Waals surface area contributed by atoms with Crippen LogP contribution < -0.4 is 0 Å². The Kier molecular flexibility index (Phi) is 10.0. The minimum Gasteiger partial charge on any atom is -0.458 e. The van der Waals surface area contributed by atoms with Crippen LogP contribution in [0.15, 0.2) is 11.6 Å². The molecule has 0 spiro atoms. The molecule has 0 amide bonds. The Labute approximate surface area is 292 Å². The van der Waals surface area contributed by atoms with Crippen molar-refractivity contribution in [2.45, 2.75) is 151 Å². The van der Waals surface area contributed by atoms with Gasteiger partial charge in [0.2, 0.25) is 0 Å². The van der Waals surface area contributed by atoms with Crippen LogP contribution in [0.5, 0.6) is 0 Å². The summed E-state index contributed by atoms with van der Waals surface area (Å²) in [5.41, 5.74) is -0.790. The van der Waals surface area contributed by atoms with E-state index < -0.39 is 85.1 Å². The molecule has 0 bridgehead atoms.